The summed E-state index contributed by atoms with van der Waals surface area (Å²) in [5, 5.41) is 0. The zero-order chi connectivity index (χ0) is 15.5. The lowest BCUT2D eigenvalue weighted by Gasteiger charge is -2.29. The van der Waals surface area contributed by atoms with E-state index in [0.717, 1.165) is 25.7 Å². The Morgan fingerprint density at radius 1 is 1.14 bits per heavy atom. The van der Waals surface area contributed by atoms with Crippen LogP contribution in [0.3, 0.4) is 0 Å². The number of hydrogen-bond donors (Lipinski definition) is 1. The third kappa shape index (κ3) is 4.55. The number of nitrogens with one attached hydrogen (secondary N) is 1. The van der Waals surface area contributed by atoms with Gasteiger partial charge in [0.2, 0.25) is 10.0 Å². The van der Waals surface area contributed by atoms with Gasteiger partial charge in [-0.3, -0.25) is 0 Å². The van der Waals surface area contributed by atoms with Crippen molar-refractivity contribution in [1.82, 2.24) is 4.72 Å². The summed E-state index contributed by atoms with van der Waals surface area (Å²) < 4.78 is 27.8. The molecule has 0 heterocycles. The minimum Gasteiger partial charge on any atom is -0.208 e. The highest BCUT2D eigenvalue weighted by Gasteiger charge is 2.26. The molecule has 2 unspecified atom stereocenters. The normalized spacial score (nSPS) is 23.4. The van der Waals surface area contributed by atoms with Crippen LogP contribution in [0.5, 0.6) is 0 Å². The Kier molecular flexibility index (Phi) is 5.44. The lowest BCUT2D eigenvalue weighted by atomic mass is 9.87. The van der Waals surface area contributed by atoms with Crippen molar-refractivity contribution in [1.29, 1.82) is 0 Å². The molecule has 1 aromatic rings. The van der Waals surface area contributed by atoms with Gasteiger partial charge < -0.3 is 0 Å². The van der Waals surface area contributed by atoms with E-state index in [1.165, 1.54) is 12.0 Å². The Morgan fingerprint density at radius 3 is 2.33 bits per heavy atom. The van der Waals surface area contributed by atoms with Gasteiger partial charge in [0.05, 0.1) is 4.90 Å². The number of benzene rings is 1. The summed E-state index contributed by atoms with van der Waals surface area (Å²) in [7, 11) is -3.39. The molecule has 0 radical (unpaired) electrons. The van der Waals surface area contributed by atoms with E-state index in [0.29, 0.717) is 16.7 Å². The molecule has 0 aliphatic heterocycles. The van der Waals surface area contributed by atoms with Crippen LogP contribution < -0.4 is 4.72 Å². The van der Waals surface area contributed by atoms with E-state index in [4.69, 9.17) is 0 Å². The molecule has 1 aliphatic rings. The first-order valence-electron chi connectivity index (χ1n) is 8.00. The molecule has 1 aliphatic carbocycles. The lowest BCUT2D eigenvalue weighted by Crippen LogP contribution is -2.40. The van der Waals surface area contributed by atoms with E-state index in [2.05, 4.69) is 25.5 Å². The molecule has 0 bridgehead atoms. The van der Waals surface area contributed by atoms with Gasteiger partial charge in [-0.15, -0.1) is 0 Å². The van der Waals surface area contributed by atoms with Gasteiger partial charge >= 0.3 is 0 Å². The van der Waals surface area contributed by atoms with Crippen LogP contribution in [0.25, 0.3) is 0 Å². The van der Waals surface area contributed by atoms with E-state index in [1.54, 1.807) is 12.1 Å². The number of sulfonamides is 1. The van der Waals surface area contributed by atoms with Gasteiger partial charge in [-0.25, -0.2) is 13.1 Å². The van der Waals surface area contributed by atoms with Crippen molar-refractivity contribution in [3.8, 4) is 0 Å². The van der Waals surface area contributed by atoms with E-state index >= 15 is 0 Å². The van der Waals surface area contributed by atoms with Gasteiger partial charge in [0.15, 0.2) is 0 Å². The van der Waals surface area contributed by atoms with E-state index in [1.807, 2.05) is 12.1 Å². The van der Waals surface area contributed by atoms with Gasteiger partial charge in [0, 0.05) is 6.04 Å². The van der Waals surface area contributed by atoms with Crippen molar-refractivity contribution in [2.75, 3.05) is 0 Å². The molecule has 1 fully saturated rings. The topological polar surface area (TPSA) is 46.2 Å². The van der Waals surface area contributed by atoms with Crippen LogP contribution in [0.4, 0.5) is 0 Å². The fraction of sp³-hybridized carbons (Fsp3) is 0.647. The molecular formula is C17H27NO2S. The molecule has 0 aromatic heterocycles. The van der Waals surface area contributed by atoms with Gasteiger partial charge in [0.25, 0.3) is 0 Å². The SMILES string of the molecule is CC(C)Cc1ccc(S(=O)(=O)NC2CCCCC2C)cc1. The van der Waals surface area contributed by atoms with Gasteiger partial charge in [-0.2, -0.15) is 0 Å². The summed E-state index contributed by atoms with van der Waals surface area (Å²) in [5.41, 5.74) is 1.19. The Morgan fingerprint density at radius 2 is 1.76 bits per heavy atom. The maximum atomic E-state index is 12.5. The molecule has 2 atom stereocenters. The largest absolute Gasteiger partial charge is 0.240 e. The fourth-order valence-electron chi connectivity index (χ4n) is 3.03. The van der Waals surface area contributed by atoms with Gasteiger partial charge in [0.1, 0.15) is 0 Å². The van der Waals surface area contributed by atoms with Gasteiger partial charge in [-0.05, 0) is 48.8 Å². The van der Waals surface area contributed by atoms with Crippen LogP contribution in [0.15, 0.2) is 29.2 Å². The highest BCUT2D eigenvalue weighted by atomic mass is 32.2. The Labute approximate surface area is 129 Å². The number of rotatable bonds is 5. The Bertz CT molecular complexity index is 549. The summed E-state index contributed by atoms with van der Waals surface area (Å²) in [4.78, 5) is 0.382. The van der Waals surface area contributed by atoms with Crippen molar-refractivity contribution in [2.45, 2.75) is 63.8 Å². The van der Waals surface area contributed by atoms with Crippen LogP contribution in [0.2, 0.25) is 0 Å². The van der Waals surface area contributed by atoms with E-state index < -0.39 is 10.0 Å². The second-order valence-electron chi connectivity index (χ2n) is 6.73. The van der Waals surface area contributed by atoms with Crippen LogP contribution in [-0.2, 0) is 16.4 Å². The third-order valence-electron chi connectivity index (χ3n) is 4.30. The quantitative estimate of drug-likeness (QED) is 0.900. The highest BCUT2D eigenvalue weighted by Crippen LogP contribution is 2.25. The van der Waals surface area contributed by atoms with Gasteiger partial charge in [-0.1, -0.05) is 45.7 Å². The molecule has 21 heavy (non-hydrogen) atoms. The van der Waals surface area contributed by atoms with Crippen molar-refractivity contribution in [3.05, 3.63) is 29.8 Å². The fourth-order valence-corrected chi connectivity index (χ4v) is 4.41. The average molecular weight is 309 g/mol. The third-order valence-corrected chi connectivity index (χ3v) is 5.80. The highest BCUT2D eigenvalue weighted by molar-refractivity contribution is 7.89. The molecule has 4 heteroatoms. The molecule has 0 saturated heterocycles. The lowest BCUT2D eigenvalue weighted by molar-refractivity contribution is 0.310. The smallest absolute Gasteiger partial charge is 0.208 e. The zero-order valence-corrected chi connectivity index (χ0v) is 14.1. The Hall–Kier alpha value is -0.870. The van der Waals surface area contributed by atoms with Crippen LogP contribution in [-0.4, -0.2) is 14.5 Å². The first kappa shape index (κ1) is 16.5. The molecule has 0 amide bonds. The summed E-state index contributed by atoms with van der Waals surface area (Å²) in [6.07, 6.45) is 5.37. The molecule has 0 spiro atoms. The summed E-state index contributed by atoms with van der Waals surface area (Å²) >= 11 is 0. The van der Waals surface area contributed by atoms with Crippen LogP contribution in [0.1, 0.15) is 52.0 Å². The molecule has 118 valence electrons. The minimum absolute atomic E-state index is 0.0825. The summed E-state index contributed by atoms with van der Waals surface area (Å²) in [6.45, 7) is 6.46. The second kappa shape index (κ2) is 6.93. The average Bonchev–Trinajstić information content (AvgIpc) is 2.41. The first-order chi connectivity index (χ1) is 9.88. The van der Waals surface area contributed by atoms with Crippen LogP contribution >= 0.6 is 0 Å². The number of hydrogen-bond acceptors (Lipinski definition) is 2. The maximum absolute atomic E-state index is 12.5. The monoisotopic (exact) mass is 309 g/mol. The Balaban J connectivity index is 2.08. The van der Waals surface area contributed by atoms with Crippen molar-refractivity contribution >= 4 is 10.0 Å². The predicted octanol–water partition coefficient (Wildman–Crippen LogP) is 3.74. The van der Waals surface area contributed by atoms with Crippen LogP contribution in [0, 0.1) is 11.8 Å². The summed E-state index contributed by atoms with van der Waals surface area (Å²) in [6, 6.07) is 7.40. The minimum atomic E-state index is -3.39. The molecule has 1 N–H and O–H groups in total. The first-order valence-corrected chi connectivity index (χ1v) is 9.48. The van der Waals surface area contributed by atoms with Crippen molar-refractivity contribution < 1.29 is 8.42 Å². The molecular weight excluding hydrogens is 282 g/mol. The molecule has 2 rings (SSSR count). The maximum Gasteiger partial charge on any atom is 0.240 e. The van der Waals surface area contributed by atoms with E-state index in [-0.39, 0.29) is 6.04 Å². The predicted molar refractivity (Wildman–Crippen MR) is 86.7 cm³/mol. The standard InChI is InChI=1S/C17H27NO2S/c1-13(2)12-15-8-10-16(11-9-15)21(19,20)18-17-7-5-4-6-14(17)3/h8-11,13-14,17-18H,4-7,12H2,1-3H3. The zero-order valence-electron chi connectivity index (χ0n) is 13.3. The molecule has 1 saturated carbocycles. The molecule has 1 aromatic carbocycles. The summed E-state index contributed by atoms with van der Waals surface area (Å²) in [5.74, 6) is 1.00. The van der Waals surface area contributed by atoms with Crippen molar-refractivity contribution in [2.24, 2.45) is 11.8 Å². The van der Waals surface area contributed by atoms with Crippen molar-refractivity contribution in [3.63, 3.8) is 0 Å². The molecule has 3 nitrogen and oxygen atoms in total. The van der Waals surface area contributed by atoms with E-state index in [9.17, 15) is 8.42 Å². The second-order valence-corrected chi connectivity index (χ2v) is 8.45.